The van der Waals surface area contributed by atoms with Crippen LogP contribution in [-0.4, -0.2) is 41.8 Å². The fourth-order valence-electron chi connectivity index (χ4n) is 4.66. The maximum Gasteiger partial charge on any atom is 0.410 e. The molecule has 4 rings (SSSR count). The molecule has 2 aliphatic rings. The number of hydrogen-bond acceptors (Lipinski definition) is 3. The second kappa shape index (κ2) is 7.54. The van der Waals surface area contributed by atoms with Crippen LogP contribution < -0.4 is 0 Å². The monoisotopic (exact) mass is 393 g/mol. The first-order valence-corrected chi connectivity index (χ1v) is 10.2. The minimum atomic E-state index is -0.978. The molecule has 2 aromatic rings. The van der Waals surface area contributed by atoms with Gasteiger partial charge in [-0.05, 0) is 46.9 Å². The Morgan fingerprint density at radius 3 is 2.14 bits per heavy atom. The van der Waals surface area contributed by atoms with Gasteiger partial charge in [-0.3, -0.25) is 4.90 Å². The van der Waals surface area contributed by atoms with Gasteiger partial charge in [-0.25, -0.2) is 9.59 Å². The van der Waals surface area contributed by atoms with Crippen LogP contribution in [-0.2, 0) is 9.53 Å². The average molecular weight is 393 g/mol. The van der Waals surface area contributed by atoms with Crippen LogP contribution in [0.15, 0.2) is 48.5 Å². The molecule has 1 fully saturated rings. The Bertz CT molecular complexity index is 888. The quantitative estimate of drug-likeness (QED) is 0.758. The molecule has 2 aliphatic carbocycles. The summed E-state index contributed by atoms with van der Waals surface area (Å²) in [6.07, 6.45) is 3.02. The molecule has 1 N–H and O–H groups in total. The van der Waals surface area contributed by atoms with E-state index in [2.05, 4.69) is 31.2 Å². The first-order chi connectivity index (χ1) is 13.9. The van der Waals surface area contributed by atoms with Gasteiger partial charge in [0.25, 0.3) is 0 Å². The predicted molar refractivity (Wildman–Crippen MR) is 111 cm³/mol. The number of fused-ring (bicyclic) bond motifs is 3. The molecule has 0 aromatic heterocycles. The Hall–Kier alpha value is -2.82. The highest BCUT2D eigenvalue weighted by Crippen LogP contribution is 2.46. The lowest BCUT2D eigenvalue weighted by atomic mass is 9.67. The normalized spacial score (nSPS) is 17.6. The minimum absolute atomic E-state index is 0.000922. The number of carbonyl (C=O) groups is 2. The highest BCUT2D eigenvalue weighted by molar-refractivity contribution is 5.81. The lowest BCUT2D eigenvalue weighted by Crippen LogP contribution is -2.47. The standard InChI is InChI=1S/C24H27NO4/c1-24(12-7-13-24)14-21(22(26)27)25(2)23(28)29-15-20-18-10-5-3-8-16(18)17-9-4-6-11-19(17)20/h3-6,8-11,20-21H,7,12-15H2,1-2H3,(H,26,27)/t21-/m1/s1. The van der Waals surface area contributed by atoms with Crippen molar-refractivity contribution in [2.75, 3.05) is 13.7 Å². The number of benzene rings is 2. The summed E-state index contributed by atoms with van der Waals surface area (Å²) in [5.74, 6) is -1.01. The predicted octanol–water partition coefficient (Wildman–Crippen LogP) is 4.90. The first kappa shape index (κ1) is 19.5. The molecule has 5 heteroatoms. The maximum absolute atomic E-state index is 12.7. The van der Waals surface area contributed by atoms with Gasteiger partial charge in [-0.2, -0.15) is 0 Å². The molecule has 1 atom stereocenters. The molecule has 2 aromatic carbocycles. The van der Waals surface area contributed by atoms with Crippen molar-refractivity contribution in [1.29, 1.82) is 0 Å². The summed E-state index contributed by atoms with van der Waals surface area (Å²) in [6, 6.07) is 15.4. The molecule has 29 heavy (non-hydrogen) atoms. The van der Waals surface area contributed by atoms with Gasteiger partial charge >= 0.3 is 12.1 Å². The number of ether oxygens (including phenoxy) is 1. The zero-order valence-corrected chi connectivity index (χ0v) is 16.9. The van der Waals surface area contributed by atoms with Gasteiger partial charge in [0.15, 0.2) is 0 Å². The number of carboxylic acid groups (broad SMARTS) is 1. The Morgan fingerprint density at radius 2 is 1.66 bits per heavy atom. The van der Waals surface area contributed by atoms with Gasteiger partial charge in [0.2, 0.25) is 0 Å². The van der Waals surface area contributed by atoms with E-state index in [9.17, 15) is 14.7 Å². The van der Waals surface area contributed by atoms with E-state index >= 15 is 0 Å². The second-order valence-electron chi connectivity index (χ2n) is 8.64. The van der Waals surface area contributed by atoms with E-state index in [1.807, 2.05) is 24.3 Å². The van der Waals surface area contributed by atoms with Crippen molar-refractivity contribution in [3.05, 3.63) is 59.7 Å². The van der Waals surface area contributed by atoms with Crippen LogP contribution in [0.1, 0.15) is 49.7 Å². The van der Waals surface area contributed by atoms with E-state index in [0.29, 0.717) is 6.42 Å². The van der Waals surface area contributed by atoms with Crippen molar-refractivity contribution < 1.29 is 19.4 Å². The average Bonchev–Trinajstić information content (AvgIpc) is 3.02. The number of likely N-dealkylation sites (N-methyl/N-ethyl adjacent to an activating group) is 1. The molecule has 0 heterocycles. The summed E-state index contributed by atoms with van der Waals surface area (Å²) >= 11 is 0. The summed E-state index contributed by atoms with van der Waals surface area (Å²) in [7, 11) is 1.53. The van der Waals surface area contributed by atoms with Crippen molar-refractivity contribution in [3.8, 4) is 11.1 Å². The molecular formula is C24H27NO4. The lowest BCUT2D eigenvalue weighted by molar-refractivity contribution is -0.144. The molecule has 0 bridgehead atoms. The lowest BCUT2D eigenvalue weighted by Gasteiger charge is -2.41. The van der Waals surface area contributed by atoms with Crippen LogP contribution >= 0.6 is 0 Å². The van der Waals surface area contributed by atoms with Gasteiger partial charge in [0.1, 0.15) is 12.6 Å². The van der Waals surface area contributed by atoms with Crippen molar-refractivity contribution in [2.24, 2.45) is 5.41 Å². The molecule has 0 saturated heterocycles. The number of amides is 1. The van der Waals surface area contributed by atoms with Crippen LogP contribution in [0.3, 0.4) is 0 Å². The molecular weight excluding hydrogens is 366 g/mol. The Labute approximate surface area is 171 Å². The summed E-state index contributed by atoms with van der Waals surface area (Å²) in [4.78, 5) is 25.8. The van der Waals surface area contributed by atoms with Crippen LogP contribution in [0.4, 0.5) is 4.79 Å². The van der Waals surface area contributed by atoms with Gasteiger partial charge < -0.3 is 9.84 Å². The summed E-state index contributed by atoms with van der Waals surface area (Å²) < 4.78 is 5.62. The van der Waals surface area contributed by atoms with Gasteiger partial charge in [0, 0.05) is 13.0 Å². The fourth-order valence-corrected chi connectivity index (χ4v) is 4.66. The molecule has 1 amide bonds. The molecule has 0 radical (unpaired) electrons. The third-order valence-corrected chi connectivity index (χ3v) is 6.62. The topological polar surface area (TPSA) is 66.8 Å². The van der Waals surface area contributed by atoms with Gasteiger partial charge in [-0.1, -0.05) is 61.9 Å². The minimum Gasteiger partial charge on any atom is -0.480 e. The molecule has 0 unspecified atom stereocenters. The summed E-state index contributed by atoms with van der Waals surface area (Å²) in [5, 5.41) is 9.67. The summed E-state index contributed by atoms with van der Waals surface area (Å²) in [6.45, 7) is 2.29. The van der Waals surface area contributed by atoms with Gasteiger partial charge in [0.05, 0.1) is 0 Å². The molecule has 152 valence electrons. The highest BCUT2D eigenvalue weighted by Gasteiger charge is 2.40. The second-order valence-corrected chi connectivity index (χ2v) is 8.64. The maximum atomic E-state index is 12.7. The van der Waals surface area contributed by atoms with E-state index in [1.54, 1.807) is 0 Å². The number of aliphatic carboxylic acids is 1. The van der Waals surface area contributed by atoms with Crippen molar-refractivity contribution in [1.82, 2.24) is 4.90 Å². The van der Waals surface area contributed by atoms with E-state index in [0.717, 1.165) is 30.4 Å². The Morgan fingerprint density at radius 1 is 1.10 bits per heavy atom. The smallest absolute Gasteiger partial charge is 0.410 e. The van der Waals surface area contributed by atoms with Crippen molar-refractivity contribution >= 4 is 12.1 Å². The molecule has 5 nitrogen and oxygen atoms in total. The third kappa shape index (κ3) is 3.61. The zero-order valence-electron chi connectivity index (χ0n) is 16.9. The van der Waals surface area contributed by atoms with Crippen LogP contribution in [0.2, 0.25) is 0 Å². The number of rotatable bonds is 6. The number of carboxylic acids is 1. The number of carbonyl (C=O) groups excluding carboxylic acids is 1. The first-order valence-electron chi connectivity index (χ1n) is 10.2. The van der Waals surface area contributed by atoms with Gasteiger partial charge in [-0.15, -0.1) is 0 Å². The zero-order chi connectivity index (χ0) is 20.6. The Kier molecular flexibility index (Phi) is 5.07. The van der Waals surface area contributed by atoms with Crippen LogP contribution in [0, 0.1) is 5.41 Å². The van der Waals surface area contributed by atoms with Crippen LogP contribution in [0.25, 0.3) is 11.1 Å². The van der Waals surface area contributed by atoms with E-state index in [1.165, 1.54) is 23.1 Å². The molecule has 1 saturated carbocycles. The summed E-state index contributed by atoms with van der Waals surface area (Å²) in [5.41, 5.74) is 4.61. The highest BCUT2D eigenvalue weighted by atomic mass is 16.6. The number of nitrogens with zero attached hydrogens (tertiary/aromatic N) is 1. The Balaban J connectivity index is 1.47. The van der Waals surface area contributed by atoms with Crippen molar-refractivity contribution in [3.63, 3.8) is 0 Å². The van der Waals surface area contributed by atoms with Crippen LogP contribution in [0.5, 0.6) is 0 Å². The number of hydrogen-bond donors (Lipinski definition) is 1. The molecule has 0 spiro atoms. The van der Waals surface area contributed by atoms with E-state index in [-0.39, 0.29) is 17.9 Å². The molecule has 0 aliphatic heterocycles. The third-order valence-electron chi connectivity index (χ3n) is 6.62. The van der Waals surface area contributed by atoms with Crippen molar-refractivity contribution in [2.45, 2.75) is 44.6 Å². The largest absolute Gasteiger partial charge is 0.480 e. The van der Waals surface area contributed by atoms with E-state index in [4.69, 9.17) is 4.74 Å². The fraction of sp³-hybridized carbons (Fsp3) is 0.417. The van der Waals surface area contributed by atoms with E-state index < -0.39 is 18.1 Å². The SMILES string of the molecule is CN(C(=O)OCC1c2ccccc2-c2ccccc21)[C@H](CC1(C)CCC1)C(=O)O.